The number of benzene rings is 1. The fourth-order valence-electron chi connectivity index (χ4n) is 2.09. The zero-order valence-electron chi connectivity index (χ0n) is 10.3. The molecular weight excluding hydrogens is 273 g/mol. The van der Waals surface area contributed by atoms with Crippen molar-refractivity contribution in [3.05, 3.63) is 27.7 Å². The Hall–Kier alpha value is -0.480. The molecule has 3 nitrogen and oxygen atoms in total. The zero-order valence-corrected chi connectivity index (χ0v) is 11.9. The molecule has 1 N–H and O–H groups in total. The summed E-state index contributed by atoms with van der Waals surface area (Å²) in [6.45, 7) is 4.91. The highest BCUT2D eigenvalue weighted by Gasteiger charge is 2.23. The van der Waals surface area contributed by atoms with E-state index in [-0.39, 0.29) is 6.04 Å². The average Bonchev–Trinajstić information content (AvgIpc) is 2.35. The molecule has 1 aromatic carbocycles. The summed E-state index contributed by atoms with van der Waals surface area (Å²) in [5.41, 5.74) is 1.04. The van der Waals surface area contributed by atoms with Gasteiger partial charge in [-0.05, 0) is 19.1 Å². The lowest BCUT2D eigenvalue weighted by molar-refractivity contribution is 0.143. The van der Waals surface area contributed by atoms with Crippen LogP contribution >= 0.6 is 23.2 Å². The lowest BCUT2D eigenvalue weighted by Gasteiger charge is -2.27. The summed E-state index contributed by atoms with van der Waals surface area (Å²) in [6.07, 6.45) is 0.912. The van der Waals surface area contributed by atoms with E-state index in [1.54, 1.807) is 6.07 Å². The number of hydrogen-bond acceptors (Lipinski definition) is 3. The Labute approximate surface area is 117 Å². The van der Waals surface area contributed by atoms with Gasteiger partial charge in [-0.2, -0.15) is 0 Å². The van der Waals surface area contributed by atoms with Crippen molar-refractivity contribution in [2.75, 3.05) is 26.4 Å². The maximum Gasteiger partial charge on any atom is 0.142 e. The van der Waals surface area contributed by atoms with Crippen molar-refractivity contribution in [3.63, 3.8) is 0 Å². The van der Waals surface area contributed by atoms with Crippen molar-refractivity contribution in [2.45, 2.75) is 19.4 Å². The number of ether oxygens (including phenoxy) is 2. The van der Waals surface area contributed by atoms with Crippen molar-refractivity contribution in [2.24, 2.45) is 0 Å². The van der Waals surface area contributed by atoms with Crippen LogP contribution in [0.1, 0.15) is 24.9 Å². The van der Waals surface area contributed by atoms with E-state index >= 15 is 0 Å². The summed E-state index contributed by atoms with van der Waals surface area (Å²) in [4.78, 5) is 0. The summed E-state index contributed by atoms with van der Waals surface area (Å²) in [5.74, 6) is 0.751. The number of hydrogen-bond donors (Lipinski definition) is 1. The Bertz CT molecular complexity index is 412. The topological polar surface area (TPSA) is 30.5 Å². The number of rotatable bonds is 5. The Morgan fingerprint density at radius 1 is 1.44 bits per heavy atom. The van der Waals surface area contributed by atoms with Crippen molar-refractivity contribution in [3.8, 4) is 5.75 Å². The minimum atomic E-state index is 0.227. The number of nitrogens with one attached hydrogen (secondary N) is 1. The first kappa shape index (κ1) is 13.9. The van der Waals surface area contributed by atoms with Crippen LogP contribution in [0.5, 0.6) is 5.75 Å². The molecule has 5 heteroatoms. The summed E-state index contributed by atoms with van der Waals surface area (Å²) < 4.78 is 10.9. The van der Waals surface area contributed by atoms with Crippen LogP contribution in [-0.2, 0) is 4.74 Å². The minimum absolute atomic E-state index is 0.227. The molecule has 1 heterocycles. The highest BCUT2D eigenvalue weighted by atomic mass is 35.5. The van der Waals surface area contributed by atoms with E-state index in [0.717, 1.165) is 30.9 Å². The Kier molecular flexibility index (Phi) is 5.13. The van der Waals surface area contributed by atoms with Gasteiger partial charge < -0.3 is 14.8 Å². The first-order chi connectivity index (χ1) is 8.72. The quantitative estimate of drug-likeness (QED) is 0.843. The normalized spacial score (nSPS) is 18.3. The molecule has 0 bridgehead atoms. The van der Waals surface area contributed by atoms with Crippen LogP contribution in [0.15, 0.2) is 12.1 Å². The second kappa shape index (κ2) is 6.62. The minimum Gasteiger partial charge on any atom is -0.492 e. The van der Waals surface area contributed by atoms with Gasteiger partial charge >= 0.3 is 0 Å². The third-order valence-electron chi connectivity index (χ3n) is 2.91. The van der Waals surface area contributed by atoms with Crippen LogP contribution in [0.2, 0.25) is 10.0 Å². The van der Waals surface area contributed by atoms with Crippen LogP contribution in [0.4, 0.5) is 0 Å². The molecule has 0 saturated carbocycles. The van der Waals surface area contributed by atoms with Crippen LogP contribution in [0.25, 0.3) is 0 Å². The molecule has 0 radical (unpaired) electrons. The largest absolute Gasteiger partial charge is 0.492 e. The molecule has 100 valence electrons. The van der Waals surface area contributed by atoms with Gasteiger partial charge in [0, 0.05) is 36.2 Å². The lowest BCUT2D eigenvalue weighted by Crippen LogP contribution is -2.29. The van der Waals surface area contributed by atoms with Crippen molar-refractivity contribution >= 4 is 23.2 Å². The molecule has 1 atom stereocenters. The van der Waals surface area contributed by atoms with Crippen LogP contribution in [-0.4, -0.2) is 26.4 Å². The van der Waals surface area contributed by atoms with E-state index in [1.165, 1.54) is 0 Å². The molecular formula is C13H17Cl2NO2. The average molecular weight is 290 g/mol. The highest BCUT2D eigenvalue weighted by molar-refractivity contribution is 6.35. The molecule has 18 heavy (non-hydrogen) atoms. The van der Waals surface area contributed by atoms with Crippen LogP contribution in [0.3, 0.4) is 0 Å². The first-order valence-electron chi connectivity index (χ1n) is 6.15. The SMILES string of the molecule is CCOCCNC1CCOc2c(Cl)cc(Cl)cc21. The number of halogens is 2. The second-order valence-electron chi connectivity index (χ2n) is 4.15. The molecule has 0 spiro atoms. The summed E-state index contributed by atoms with van der Waals surface area (Å²) >= 11 is 12.2. The van der Waals surface area contributed by atoms with Gasteiger partial charge in [-0.15, -0.1) is 0 Å². The van der Waals surface area contributed by atoms with E-state index in [4.69, 9.17) is 32.7 Å². The third-order valence-corrected chi connectivity index (χ3v) is 3.41. The van der Waals surface area contributed by atoms with Crippen molar-refractivity contribution in [1.82, 2.24) is 5.32 Å². The second-order valence-corrected chi connectivity index (χ2v) is 4.99. The molecule has 0 fully saturated rings. The molecule has 2 rings (SSSR count). The molecule has 1 aliphatic heterocycles. The van der Waals surface area contributed by atoms with E-state index in [1.807, 2.05) is 13.0 Å². The maximum atomic E-state index is 6.13. The van der Waals surface area contributed by atoms with Crippen LogP contribution in [0, 0.1) is 0 Å². The summed E-state index contributed by atoms with van der Waals surface area (Å²) in [5, 5.41) is 4.66. The van der Waals surface area contributed by atoms with E-state index in [9.17, 15) is 0 Å². The standard InChI is InChI=1S/C13H17Cl2NO2/c1-2-17-6-4-16-12-3-5-18-13-10(12)7-9(14)8-11(13)15/h7-8,12,16H,2-6H2,1H3. The molecule has 0 amide bonds. The Morgan fingerprint density at radius 3 is 3.06 bits per heavy atom. The van der Waals surface area contributed by atoms with Crippen molar-refractivity contribution in [1.29, 1.82) is 0 Å². The highest BCUT2D eigenvalue weighted by Crippen LogP contribution is 2.39. The smallest absolute Gasteiger partial charge is 0.142 e. The fourth-order valence-corrected chi connectivity index (χ4v) is 2.65. The fraction of sp³-hybridized carbons (Fsp3) is 0.538. The van der Waals surface area contributed by atoms with Gasteiger partial charge in [-0.25, -0.2) is 0 Å². The predicted octanol–water partition coefficient (Wildman–Crippen LogP) is 3.44. The van der Waals surface area contributed by atoms with Gasteiger partial charge in [0.25, 0.3) is 0 Å². The summed E-state index contributed by atoms with van der Waals surface area (Å²) in [7, 11) is 0. The Morgan fingerprint density at radius 2 is 2.28 bits per heavy atom. The predicted molar refractivity (Wildman–Crippen MR) is 73.8 cm³/mol. The van der Waals surface area contributed by atoms with Gasteiger partial charge in [0.15, 0.2) is 0 Å². The van der Waals surface area contributed by atoms with Gasteiger partial charge in [0.1, 0.15) is 5.75 Å². The van der Waals surface area contributed by atoms with Crippen LogP contribution < -0.4 is 10.1 Å². The maximum absolute atomic E-state index is 6.13. The molecule has 0 aliphatic carbocycles. The van der Waals surface area contributed by atoms with Crippen molar-refractivity contribution < 1.29 is 9.47 Å². The monoisotopic (exact) mass is 289 g/mol. The van der Waals surface area contributed by atoms with E-state index < -0.39 is 0 Å². The Balaban J connectivity index is 2.07. The lowest BCUT2D eigenvalue weighted by atomic mass is 10.0. The van der Waals surface area contributed by atoms with Gasteiger partial charge in [-0.3, -0.25) is 0 Å². The summed E-state index contributed by atoms with van der Waals surface area (Å²) in [6, 6.07) is 3.86. The van der Waals surface area contributed by atoms with Gasteiger partial charge in [0.05, 0.1) is 18.2 Å². The molecule has 1 aliphatic rings. The number of fused-ring (bicyclic) bond motifs is 1. The molecule has 1 aromatic rings. The molecule has 0 aromatic heterocycles. The van der Waals surface area contributed by atoms with Gasteiger partial charge in [0.2, 0.25) is 0 Å². The molecule has 0 saturated heterocycles. The van der Waals surface area contributed by atoms with Gasteiger partial charge in [-0.1, -0.05) is 23.2 Å². The first-order valence-corrected chi connectivity index (χ1v) is 6.91. The van der Waals surface area contributed by atoms with E-state index in [0.29, 0.717) is 23.3 Å². The molecule has 1 unspecified atom stereocenters. The third kappa shape index (κ3) is 3.29. The zero-order chi connectivity index (χ0) is 13.0. The van der Waals surface area contributed by atoms with E-state index in [2.05, 4.69) is 5.32 Å².